The lowest BCUT2D eigenvalue weighted by Gasteiger charge is -2.03. The molecule has 2 rings (SSSR count). The number of hydrogen-bond donors (Lipinski definition) is 0. The van der Waals surface area contributed by atoms with Crippen LogP contribution in [-0.4, -0.2) is 0 Å². The van der Waals surface area contributed by atoms with Crippen molar-refractivity contribution in [2.24, 2.45) is 0 Å². The lowest BCUT2D eigenvalue weighted by molar-refractivity contribution is 1.14. The van der Waals surface area contributed by atoms with Gasteiger partial charge in [0.05, 0.1) is 0 Å². The van der Waals surface area contributed by atoms with Crippen LogP contribution < -0.4 is 0 Å². The highest BCUT2D eigenvalue weighted by atomic mass is 35.5. The average Bonchev–Trinajstić information content (AvgIpc) is 2.33. The molecule has 0 spiro atoms. The number of benzene rings is 2. The van der Waals surface area contributed by atoms with Crippen molar-refractivity contribution in [3.05, 3.63) is 76.7 Å². The third-order valence-electron chi connectivity index (χ3n) is 2.59. The minimum absolute atomic E-state index is 0.776. The van der Waals surface area contributed by atoms with Gasteiger partial charge in [-0.15, -0.1) is 0 Å². The second-order valence-electron chi connectivity index (χ2n) is 3.79. The molecule has 2 aromatic carbocycles. The molecule has 0 aromatic heterocycles. The maximum absolute atomic E-state index is 5.84. The van der Waals surface area contributed by atoms with Gasteiger partial charge in [0.1, 0.15) is 0 Å². The Hall–Kier alpha value is -1.27. The molecular weight excluding hydrogens is 216 g/mol. The molecule has 0 aliphatic rings. The first-order chi connectivity index (χ1) is 7.78. The predicted octanol–water partition coefficient (Wildman–Crippen LogP) is 4.50. The fourth-order valence-corrected chi connectivity index (χ4v) is 1.73. The lowest BCUT2D eigenvalue weighted by atomic mass is 10.0. The van der Waals surface area contributed by atoms with E-state index in [2.05, 4.69) is 37.6 Å². The van der Waals surface area contributed by atoms with Crippen LogP contribution >= 0.6 is 11.6 Å². The van der Waals surface area contributed by atoms with E-state index in [0.29, 0.717) is 0 Å². The summed E-state index contributed by atoms with van der Waals surface area (Å²) in [5, 5.41) is 0.776. The molecule has 0 atom stereocenters. The zero-order valence-corrected chi connectivity index (χ0v) is 10.0. The van der Waals surface area contributed by atoms with Gasteiger partial charge in [-0.2, -0.15) is 0 Å². The molecule has 0 bridgehead atoms. The summed E-state index contributed by atoms with van der Waals surface area (Å²) < 4.78 is 0. The van der Waals surface area contributed by atoms with E-state index in [1.54, 1.807) is 0 Å². The van der Waals surface area contributed by atoms with Crippen molar-refractivity contribution in [1.29, 1.82) is 0 Å². The highest BCUT2D eigenvalue weighted by Crippen LogP contribution is 2.15. The van der Waals surface area contributed by atoms with Crippen LogP contribution in [0.1, 0.15) is 23.6 Å². The molecule has 0 saturated carbocycles. The predicted molar refractivity (Wildman–Crippen MR) is 69.8 cm³/mol. The zero-order valence-electron chi connectivity index (χ0n) is 9.28. The van der Waals surface area contributed by atoms with Crippen LogP contribution in [0.25, 0.3) is 0 Å². The van der Waals surface area contributed by atoms with Crippen molar-refractivity contribution in [3.8, 4) is 0 Å². The largest absolute Gasteiger partial charge is 0.0843 e. The second-order valence-corrected chi connectivity index (χ2v) is 4.23. The van der Waals surface area contributed by atoms with Crippen LogP contribution in [0.15, 0.2) is 48.5 Å². The molecule has 0 aliphatic carbocycles. The second kappa shape index (κ2) is 5.18. The van der Waals surface area contributed by atoms with Gasteiger partial charge in [-0.1, -0.05) is 54.9 Å². The molecule has 81 valence electrons. The fourth-order valence-electron chi connectivity index (χ4n) is 1.60. The van der Waals surface area contributed by atoms with E-state index in [-0.39, 0.29) is 0 Å². The van der Waals surface area contributed by atoms with Gasteiger partial charge in [0.25, 0.3) is 0 Å². The molecule has 0 saturated heterocycles. The summed E-state index contributed by atoms with van der Waals surface area (Å²) in [5.74, 6) is 0. The smallest absolute Gasteiger partial charge is 0.0406 e. The van der Waals surface area contributed by atoms with Crippen molar-refractivity contribution in [2.75, 3.05) is 0 Å². The van der Waals surface area contributed by atoms with E-state index in [0.717, 1.165) is 11.4 Å². The molecule has 0 amide bonds. The van der Waals surface area contributed by atoms with Crippen LogP contribution in [0.2, 0.25) is 5.02 Å². The third kappa shape index (κ3) is 2.86. The van der Waals surface area contributed by atoms with Crippen LogP contribution in [-0.2, 0) is 6.42 Å². The van der Waals surface area contributed by atoms with E-state index in [1.165, 1.54) is 16.7 Å². The zero-order chi connectivity index (χ0) is 11.4. The van der Waals surface area contributed by atoms with Crippen molar-refractivity contribution >= 4 is 11.6 Å². The van der Waals surface area contributed by atoms with Crippen LogP contribution in [0, 0.1) is 6.42 Å². The molecule has 16 heavy (non-hydrogen) atoms. The number of rotatable bonds is 3. The molecule has 0 aliphatic heterocycles. The Labute approximate surface area is 102 Å². The van der Waals surface area contributed by atoms with Gasteiger partial charge in [0, 0.05) is 11.4 Å². The summed E-state index contributed by atoms with van der Waals surface area (Å²) >= 11 is 5.84. The molecule has 0 nitrogen and oxygen atoms in total. The molecule has 0 fully saturated rings. The Balaban J connectivity index is 2.11. The van der Waals surface area contributed by atoms with Gasteiger partial charge >= 0.3 is 0 Å². The Morgan fingerprint density at radius 2 is 1.38 bits per heavy atom. The van der Waals surface area contributed by atoms with Gasteiger partial charge in [-0.25, -0.2) is 0 Å². The maximum atomic E-state index is 5.84. The minimum atomic E-state index is 0.776. The molecule has 0 unspecified atom stereocenters. The van der Waals surface area contributed by atoms with Crippen LogP contribution in [0.3, 0.4) is 0 Å². The summed E-state index contributed by atoms with van der Waals surface area (Å²) in [6, 6.07) is 16.5. The summed E-state index contributed by atoms with van der Waals surface area (Å²) in [5.41, 5.74) is 3.77. The Kier molecular flexibility index (Phi) is 3.63. The molecule has 0 heterocycles. The quantitative estimate of drug-likeness (QED) is 0.727. The van der Waals surface area contributed by atoms with Gasteiger partial charge in [0.2, 0.25) is 0 Å². The van der Waals surface area contributed by atoms with Gasteiger partial charge in [-0.3, -0.25) is 0 Å². The molecule has 0 N–H and O–H groups in total. The molecular formula is C15H14Cl. The third-order valence-corrected chi connectivity index (χ3v) is 2.84. The first-order valence-electron chi connectivity index (χ1n) is 5.47. The monoisotopic (exact) mass is 229 g/mol. The number of aryl methyl sites for hydroxylation is 1. The van der Waals surface area contributed by atoms with Crippen molar-refractivity contribution in [1.82, 2.24) is 0 Å². The highest BCUT2D eigenvalue weighted by Gasteiger charge is 1.97. The van der Waals surface area contributed by atoms with E-state index in [1.807, 2.05) is 24.3 Å². The molecule has 1 radical (unpaired) electrons. The fraction of sp³-hybridized carbons (Fsp3) is 0.133. The Morgan fingerprint density at radius 1 is 0.875 bits per heavy atom. The van der Waals surface area contributed by atoms with Gasteiger partial charge < -0.3 is 0 Å². The van der Waals surface area contributed by atoms with Crippen molar-refractivity contribution in [2.45, 2.75) is 13.3 Å². The Morgan fingerprint density at radius 3 is 1.88 bits per heavy atom. The van der Waals surface area contributed by atoms with E-state index < -0.39 is 0 Å². The first-order valence-corrected chi connectivity index (χ1v) is 5.85. The first kappa shape index (κ1) is 11.2. The summed E-state index contributed by atoms with van der Waals surface area (Å²) in [7, 11) is 0. The summed E-state index contributed by atoms with van der Waals surface area (Å²) in [4.78, 5) is 0. The van der Waals surface area contributed by atoms with Crippen molar-refractivity contribution in [3.63, 3.8) is 0 Å². The number of hydrogen-bond acceptors (Lipinski definition) is 0. The molecule has 2 aromatic rings. The summed E-state index contributed by atoms with van der Waals surface area (Å²) in [6.45, 7) is 2.16. The van der Waals surface area contributed by atoms with Gasteiger partial charge in [0.15, 0.2) is 0 Å². The van der Waals surface area contributed by atoms with Crippen molar-refractivity contribution < 1.29 is 0 Å². The van der Waals surface area contributed by atoms with Crippen LogP contribution in [0.4, 0.5) is 0 Å². The van der Waals surface area contributed by atoms with E-state index in [9.17, 15) is 0 Å². The minimum Gasteiger partial charge on any atom is -0.0843 e. The SMILES string of the molecule is CCc1ccc([CH]c2ccc(Cl)cc2)cc1. The lowest BCUT2D eigenvalue weighted by Crippen LogP contribution is -1.86. The maximum Gasteiger partial charge on any atom is 0.0406 e. The number of halogens is 1. The topological polar surface area (TPSA) is 0 Å². The normalized spacial score (nSPS) is 10.4. The van der Waals surface area contributed by atoms with Gasteiger partial charge in [-0.05, 0) is 35.2 Å². The summed E-state index contributed by atoms with van der Waals surface area (Å²) in [6.07, 6.45) is 3.23. The molecule has 1 heteroatoms. The Bertz CT molecular complexity index is 440. The van der Waals surface area contributed by atoms with E-state index in [4.69, 9.17) is 11.6 Å². The average molecular weight is 230 g/mol. The van der Waals surface area contributed by atoms with E-state index >= 15 is 0 Å². The van der Waals surface area contributed by atoms with Crippen LogP contribution in [0.5, 0.6) is 0 Å². The highest BCUT2D eigenvalue weighted by molar-refractivity contribution is 6.30. The standard InChI is InChI=1S/C15H14Cl/c1-2-12-3-5-13(6-4-12)11-14-7-9-15(16)10-8-14/h3-11H,2H2,1H3.